The number of aryl methyl sites for hydroxylation is 1. The Morgan fingerprint density at radius 2 is 1.77 bits per heavy atom. The molecule has 0 unspecified atom stereocenters. The molecule has 0 spiro atoms. The maximum absolute atomic E-state index is 15.2. The molecule has 252 valence electrons. The minimum atomic E-state index is -0.772. The first kappa shape index (κ1) is 33.3. The molecule has 3 aromatic carbocycles. The van der Waals surface area contributed by atoms with E-state index in [4.69, 9.17) is 19.9 Å². The van der Waals surface area contributed by atoms with Gasteiger partial charge in [-0.3, -0.25) is 9.59 Å². The van der Waals surface area contributed by atoms with Gasteiger partial charge >= 0.3 is 0 Å². The van der Waals surface area contributed by atoms with Gasteiger partial charge in [0, 0.05) is 35.9 Å². The quantitative estimate of drug-likeness (QED) is 0.135. The van der Waals surface area contributed by atoms with E-state index in [2.05, 4.69) is 23.9 Å². The number of nitrogen functional groups attached to an aromatic ring is 1. The molecule has 5 aromatic rings. The number of anilines is 1. The zero-order chi connectivity index (χ0) is 34.0. The lowest BCUT2D eigenvalue weighted by Crippen LogP contribution is -2.40. The van der Waals surface area contributed by atoms with Gasteiger partial charge in [-0.2, -0.15) is 5.10 Å². The summed E-state index contributed by atoms with van der Waals surface area (Å²) in [6.45, 7) is 4.53. The molecule has 12 heteroatoms. The zero-order valence-corrected chi connectivity index (χ0v) is 28.4. The molecule has 2 N–H and O–H groups in total. The van der Waals surface area contributed by atoms with E-state index in [1.807, 2.05) is 12.1 Å². The predicted octanol–water partition coefficient (Wildman–Crippen LogP) is 6.02. The molecule has 1 amide bonds. The number of hydrogen-bond donors (Lipinski definition) is 1. The molecule has 3 heterocycles. The van der Waals surface area contributed by atoms with Crippen molar-refractivity contribution in [3.8, 4) is 17.2 Å². The molecule has 48 heavy (non-hydrogen) atoms. The van der Waals surface area contributed by atoms with Crippen LogP contribution in [0.4, 0.5) is 10.2 Å². The average molecular weight is 674 g/mol. The molecule has 1 aliphatic heterocycles. The number of benzene rings is 3. The van der Waals surface area contributed by atoms with Crippen molar-refractivity contribution in [1.29, 1.82) is 0 Å². The normalized spacial score (nSPS) is 14.0. The maximum atomic E-state index is 15.2. The number of halogens is 1. The average Bonchev–Trinajstić information content (AvgIpc) is 3.64. The van der Waals surface area contributed by atoms with E-state index >= 15 is 4.39 Å². The van der Waals surface area contributed by atoms with E-state index in [1.54, 1.807) is 64.9 Å². The standard InChI is InChI=1S/C36H40FN5O5S/c1-24-18-33(47-27-8-6-5-7-9-27)29(37)21-31(24)42-35(38)28(22-39-42)34(43)32-20-26-19-25(36(44)40-12-14-45-15-13-40)10-11-30(26)41(32)23-46-16-17-48(2,3)4/h5-11,18-22H,12-17,23,38H2,1-4H3. The molecular formula is C36H40FN5O5S. The van der Waals surface area contributed by atoms with Gasteiger partial charge in [-0.25, -0.2) is 19.1 Å². The van der Waals surface area contributed by atoms with Crippen LogP contribution in [-0.4, -0.2) is 88.4 Å². The van der Waals surface area contributed by atoms with Gasteiger partial charge in [0.25, 0.3) is 5.91 Å². The Kier molecular flexibility index (Phi) is 9.58. The molecule has 1 saturated heterocycles. The van der Waals surface area contributed by atoms with Crippen LogP contribution >= 0.6 is 10.0 Å². The van der Waals surface area contributed by atoms with Crippen molar-refractivity contribution in [3.05, 3.63) is 101 Å². The fourth-order valence-electron chi connectivity index (χ4n) is 5.57. The monoisotopic (exact) mass is 673 g/mol. The third-order valence-corrected chi connectivity index (χ3v) is 9.63. The minimum absolute atomic E-state index is 0.0635. The Hall–Kier alpha value is -4.65. The maximum Gasteiger partial charge on any atom is 0.254 e. The van der Waals surface area contributed by atoms with Crippen molar-refractivity contribution in [2.45, 2.75) is 13.7 Å². The van der Waals surface area contributed by atoms with Crippen LogP contribution in [0.1, 0.15) is 32.0 Å². The van der Waals surface area contributed by atoms with E-state index in [1.165, 1.54) is 16.9 Å². The SMILES string of the molecule is Cc1cc(Oc2ccccc2)c(F)cc1-n1ncc(C(=O)c2cc3cc(C(=O)N4CCOCC4)ccc3n2COCCS(C)(C)C)c1N. The zero-order valence-electron chi connectivity index (χ0n) is 27.6. The van der Waals surface area contributed by atoms with Gasteiger partial charge in [-0.15, -0.1) is 0 Å². The number of para-hydroxylation sites is 1. The van der Waals surface area contributed by atoms with Crippen LogP contribution in [0.5, 0.6) is 11.5 Å². The van der Waals surface area contributed by atoms with Gasteiger partial charge in [0.05, 0.1) is 48.5 Å². The number of carbonyl (C=O) groups is 2. The van der Waals surface area contributed by atoms with Crippen LogP contribution in [0, 0.1) is 12.7 Å². The summed E-state index contributed by atoms with van der Waals surface area (Å²) in [7, 11) is -0.772. The van der Waals surface area contributed by atoms with Crippen LogP contribution < -0.4 is 10.5 Å². The van der Waals surface area contributed by atoms with E-state index in [0.29, 0.717) is 61.2 Å². The number of amides is 1. The van der Waals surface area contributed by atoms with Gasteiger partial charge in [-0.05, 0) is 73.7 Å². The summed E-state index contributed by atoms with van der Waals surface area (Å²) in [5, 5.41) is 5.11. The highest BCUT2D eigenvalue weighted by Crippen LogP contribution is 2.34. The van der Waals surface area contributed by atoms with Crippen LogP contribution in [0.3, 0.4) is 0 Å². The van der Waals surface area contributed by atoms with Crippen molar-refractivity contribution < 1.29 is 28.2 Å². The molecule has 0 radical (unpaired) electrons. The topological polar surface area (TPSA) is 114 Å². The third-order valence-electron chi connectivity index (χ3n) is 8.24. The third kappa shape index (κ3) is 7.10. The molecule has 6 rings (SSSR count). The largest absolute Gasteiger partial charge is 0.454 e. The first-order chi connectivity index (χ1) is 23.0. The lowest BCUT2D eigenvalue weighted by molar-refractivity contribution is 0.0303. The van der Waals surface area contributed by atoms with E-state index in [0.717, 1.165) is 16.7 Å². The number of rotatable bonds is 11. The molecule has 0 bridgehead atoms. The summed E-state index contributed by atoms with van der Waals surface area (Å²) < 4.78 is 35.6. The molecule has 0 aliphatic carbocycles. The van der Waals surface area contributed by atoms with Crippen LogP contribution in [-0.2, 0) is 16.2 Å². The highest BCUT2D eigenvalue weighted by atomic mass is 32.3. The molecule has 1 fully saturated rings. The van der Waals surface area contributed by atoms with E-state index < -0.39 is 15.8 Å². The van der Waals surface area contributed by atoms with Gasteiger partial charge in [0.15, 0.2) is 11.6 Å². The fourth-order valence-corrected chi connectivity index (χ4v) is 6.19. The molecule has 10 nitrogen and oxygen atoms in total. The minimum Gasteiger partial charge on any atom is -0.454 e. The summed E-state index contributed by atoms with van der Waals surface area (Å²) in [4.78, 5) is 29.2. The van der Waals surface area contributed by atoms with Gasteiger partial charge < -0.3 is 29.4 Å². The second-order valence-electron chi connectivity index (χ2n) is 12.6. The lowest BCUT2D eigenvalue weighted by atomic mass is 10.1. The Bertz CT molecular complexity index is 1960. The summed E-state index contributed by atoms with van der Waals surface area (Å²) in [6, 6.07) is 19.0. The van der Waals surface area contributed by atoms with Crippen molar-refractivity contribution in [3.63, 3.8) is 0 Å². The molecular weight excluding hydrogens is 633 g/mol. The first-order valence-electron chi connectivity index (χ1n) is 15.7. The van der Waals surface area contributed by atoms with Crippen molar-refractivity contribution >= 4 is 38.4 Å². The highest BCUT2D eigenvalue weighted by Gasteiger charge is 2.25. The predicted molar refractivity (Wildman–Crippen MR) is 187 cm³/mol. The Balaban J connectivity index is 1.32. The number of aromatic nitrogens is 3. The second-order valence-corrected chi connectivity index (χ2v) is 17.2. The number of fused-ring (bicyclic) bond motifs is 1. The second kappa shape index (κ2) is 13.8. The summed E-state index contributed by atoms with van der Waals surface area (Å²) >= 11 is 0. The van der Waals surface area contributed by atoms with Crippen LogP contribution in [0.25, 0.3) is 16.6 Å². The summed E-state index contributed by atoms with van der Waals surface area (Å²) in [5.41, 5.74) is 9.35. The van der Waals surface area contributed by atoms with Crippen molar-refractivity contribution in [2.75, 3.05) is 63.2 Å². The van der Waals surface area contributed by atoms with Gasteiger partial charge in [0.1, 0.15) is 18.3 Å². The van der Waals surface area contributed by atoms with Crippen LogP contribution in [0.2, 0.25) is 0 Å². The number of ketones is 1. The number of carbonyl (C=O) groups excluding carboxylic acids is 2. The van der Waals surface area contributed by atoms with Gasteiger partial charge in [-0.1, -0.05) is 18.2 Å². The molecule has 0 atom stereocenters. The Morgan fingerprint density at radius 3 is 2.50 bits per heavy atom. The number of hydrogen-bond acceptors (Lipinski definition) is 7. The number of ether oxygens (including phenoxy) is 3. The van der Waals surface area contributed by atoms with Crippen molar-refractivity contribution in [2.24, 2.45) is 0 Å². The Labute approximate surface area is 280 Å². The Morgan fingerprint density at radius 1 is 1.02 bits per heavy atom. The number of nitrogens with two attached hydrogens (primary N) is 1. The first-order valence-corrected chi connectivity index (χ1v) is 18.7. The van der Waals surface area contributed by atoms with Crippen molar-refractivity contribution in [1.82, 2.24) is 19.2 Å². The highest BCUT2D eigenvalue weighted by molar-refractivity contribution is 8.32. The fraction of sp³-hybridized carbons (Fsp3) is 0.306. The summed E-state index contributed by atoms with van der Waals surface area (Å²) in [6.07, 6.45) is 8.06. The van der Waals surface area contributed by atoms with Gasteiger partial charge in [0.2, 0.25) is 5.78 Å². The number of morpholine rings is 1. The van der Waals surface area contributed by atoms with E-state index in [-0.39, 0.29) is 35.6 Å². The number of nitrogens with zero attached hydrogens (tertiary/aromatic N) is 4. The molecule has 1 aliphatic rings. The smallest absolute Gasteiger partial charge is 0.254 e. The van der Waals surface area contributed by atoms with E-state index in [9.17, 15) is 9.59 Å². The lowest BCUT2D eigenvalue weighted by Gasteiger charge is -2.26. The summed E-state index contributed by atoms with van der Waals surface area (Å²) in [5.74, 6) is 0.496. The molecule has 0 saturated carbocycles. The molecule has 2 aromatic heterocycles. The van der Waals surface area contributed by atoms with Crippen LogP contribution in [0.15, 0.2) is 72.9 Å².